The van der Waals surface area contributed by atoms with E-state index in [0.29, 0.717) is 12.2 Å². The fraction of sp³-hybridized carbons (Fsp3) is 0.385. The van der Waals surface area contributed by atoms with Crippen LogP contribution in [0.5, 0.6) is 0 Å². The van der Waals surface area contributed by atoms with Crippen molar-refractivity contribution in [2.75, 3.05) is 18.5 Å². The average molecular weight is 259 g/mol. The number of rotatable bonds is 4. The zero-order chi connectivity index (χ0) is 13.9. The lowest BCUT2D eigenvalue weighted by molar-refractivity contribution is -0.138. The Hall–Kier alpha value is -1.49. The fourth-order valence-corrected chi connectivity index (χ4v) is 1.70. The highest BCUT2D eigenvalue weighted by atomic mass is 19.4. The molecule has 0 fully saturated rings. The molecule has 0 aliphatic rings. The van der Waals surface area contributed by atoms with Gasteiger partial charge in [0.25, 0.3) is 0 Å². The summed E-state index contributed by atoms with van der Waals surface area (Å²) in [5, 5.41) is 8.93. The first-order chi connectivity index (χ1) is 8.25. The molecule has 0 unspecified atom stereocenters. The lowest BCUT2D eigenvalue weighted by Crippen LogP contribution is -2.20. The molecule has 0 radical (unpaired) electrons. The third-order valence-electron chi connectivity index (χ3n) is 2.52. The SMILES string of the molecule is C=C(C)CN(C)c1ccc(CO)c(C(F)(F)F)c1. The van der Waals surface area contributed by atoms with Gasteiger partial charge in [0, 0.05) is 19.3 Å². The second-order valence-corrected chi connectivity index (χ2v) is 4.31. The summed E-state index contributed by atoms with van der Waals surface area (Å²) in [6.07, 6.45) is -4.46. The minimum atomic E-state index is -4.46. The molecule has 1 rings (SSSR count). The highest BCUT2D eigenvalue weighted by molar-refractivity contribution is 5.52. The van der Waals surface area contributed by atoms with Crippen molar-refractivity contribution in [2.45, 2.75) is 19.7 Å². The van der Waals surface area contributed by atoms with Gasteiger partial charge in [-0.3, -0.25) is 0 Å². The molecule has 0 amide bonds. The highest BCUT2D eigenvalue weighted by Crippen LogP contribution is 2.34. The van der Waals surface area contributed by atoms with E-state index in [9.17, 15) is 13.2 Å². The van der Waals surface area contributed by atoms with Crippen LogP contribution in [0.1, 0.15) is 18.1 Å². The lowest BCUT2D eigenvalue weighted by Gasteiger charge is -2.21. The summed E-state index contributed by atoms with van der Waals surface area (Å²) in [6, 6.07) is 3.91. The van der Waals surface area contributed by atoms with Crippen molar-refractivity contribution in [3.63, 3.8) is 0 Å². The predicted octanol–water partition coefficient (Wildman–Crippen LogP) is 3.21. The Morgan fingerprint density at radius 2 is 2.00 bits per heavy atom. The largest absolute Gasteiger partial charge is 0.416 e. The van der Waals surface area contributed by atoms with Crippen LogP contribution in [0.15, 0.2) is 30.4 Å². The Labute approximate surface area is 104 Å². The number of nitrogens with zero attached hydrogens (tertiary/aromatic N) is 1. The smallest absolute Gasteiger partial charge is 0.392 e. The molecule has 0 saturated carbocycles. The fourth-order valence-electron chi connectivity index (χ4n) is 1.70. The van der Waals surface area contributed by atoms with E-state index in [1.54, 1.807) is 18.0 Å². The van der Waals surface area contributed by atoms with Gasteiger partial charge >= 0.3 is 6.18 Å². The molecule has 0 spiro atoms. The molecular formula is C13H16F3NO. The van der Waals surface area contributed by atoms with Crippen molar-refractivity contribution in [3.8, 4) is 0 Å². The van der Waals surface area contributed by atoms with Crippen molar-refractivity contribution in [1.29, 1.82) is 0 Å². The van der Waals surface area contributed by atoms with Gasteiger partial charge in [0.2, 0.25) is 0 Å². The normalized spacial score (nSPS) is 11.4. The van der Waals surface area contributed by atoms with E-state index >= 15 is 0 Å². The van der Waals surface area contributed by atoms with Crippen LogP contribution in [0.4, 0.5) is 18.9 Å². The van der Waals surface area contributed by atoms with Gasteiger partial charge < -0.3 is 10.0 Å². The second kappa shape index (κ2) is 5.44. The molecule has 1 N–H and O–H groups in total. The molecule has 1 aromatic rings. The summed E-state index contributed by atoms with van der Waals surface area (Å²) in [5.74, 6) is 0. The molecule has 18 heavy (non-hydrogen) atoms. The zero-order valence-corrected chi connectivity index (χ0v) is 10.4. The molecule has 0 bridgehead atoms. The van der Waals surface area contributed by atoms with Crippen molar-refractivity contribution in [1.82, 2.24) is 0 Å². The van der Waals surface area contributed by atoms with Gasteiger partial charge in [0.1, 0.15) is 0 Å². The molecule has 0 aliphatic heterocycles. The quantitative estimate of drug-likeness (QED) is 0.839. The van der Waals surface area contributed by atoms with E-state index in [-0.39, 0.29) is 5.56 Å². The van der Waals surface area contributed by atoms with E-state index in [4.69, 9.17) is 5.11 Å². The molecule has 5 heteroatoms. The van der Waals surface area contributed by atoms with E-state index in [1.807, 2.05) is 6.92 Å². The molecule has 1 aromatic carbocycles. The Morgan fingerprint density at radius 1 is 1.39 bits per heavy atom. The zero-order valence-electron chi connectivity index (χ0n) is 10.4. The number of halogens is 3. The van der Waals surface area contributed by atoms with E-state index < -0.39 is 18.3 Å². The van der Waals surface area contributed by atoms with E-state index in [1.165, 1.54) is 6.07 Å². The van der Waals surface area contributed by atoms with Gasteiger partial charge in [-0.25, -0.2) is 0 Å². The van der Waals surface area contributed by atoms with Crippen LogP contribution in [0, 0.1) is 0 Å². The minimum absolute atomic E-state index is 0.116. The van der Waals surface area contributed by atoms with Gasteiger partial charge in [-0.15, -0.1) is 0 Å². The number of alkyl halides is 3. The Morgan fingerprint density at radius 3 is 2.44 bits per heavy atom. The molecular weight excluding hydrogens is 243 g/mol. The predicted molar refractivity (Wildman–Crippen MR) is 65.5 cm³/mol. The first kappa shape index (κ1) is 14.6. The maximum atomic E-state index is 12.8. The molecule has 100 valence electrons. The van der Waals surface area contributed by atoms with Gasteiger partial charge in [0.05, 0.1) is 12.2 Å². The lowest BCUT2D eigenvalue weighted by atomic mass is 10.1. The number of likely N-dealkylation sites (N-methyl/N-ethyl adjacent to an activating group) is 1. The average Bonchev–Trinajstić information content (AvgIpc) is 2.26. The Bertz CT molecular complexity index is 440. The van der Waals surface area contributed by atoms with Crippen molar-refractivity contribution < 1.29 is 18.3 Å². The number of aliphatic hydroxyl groups is 1. The summed E-state index contributed by atoms with van der Waals surface area (Å²) in [6.45, 7) is 5.39. The summed E-state index contributed by atoms with van der Waals surface area (Å²) in [5.41, 5.74) is 0.394. The van der Waals surface area contributed by atoms with Crippen LogP contribution in [-0.2, 0) is 12.8 Å². The number of benzene rings is 1. The molecule has 0 aromatic heterocycles. The van der Waals surface area contributed by atoms with Crippen LogP contribution in [0.2, 0.25) is 0 Å². The standard InChI is InChI=1S/C13H16F3NO/c1-9(2)7-17(3)11-5-4-10(8-18)12(6-11)13(14,15)16/h4-6,18H,1,7-8H2,2-3H3. The summed E-state index contributed by atoms with van der Waals surface area (Å²) < 4.78 is 38.4. The number of hydrogen-bond acceptors (Lipinski definition) is 2. The van der Waals surface area contributed by atoms with Crippen molar-refractivity contribution in [3.05, 3.63) is 41.5 Å². The van der Waals surface area contributed by atoms with Crippen LogP contribution >= 0.6 is 0 Å². The Balaban J connectivity index is 3.14. The molecule has 0 saturated heterocycles. The third kappa shape index (κ3) is 3.50. The van der Waals surface area contributed by atoms with E-state index in [2.05, 4.69) is 6.58 Å². The van der Waals surface area contributed by atoms with Crippen LogP contribution < -0.4 is 4.90 Å². The van der Waals surface area contributed by atoms with E-state index in [0.717, 1.165) is 11.6 Å². The summed E-state index contributed by atoms with van der Waals surface area (Å²) >= 11 is 0. The number of anilines is 1. The molecule has 0 atom stereocenters. The monoisotopic (exact) mass is 259 g/mol. The Kier molecular flexibility index (Phi) is 4.40. The summed E-state index contributed by atoms with van der Waals surface area (Å²) in [4.78, 5) is 1.68. The van der Waals surface area contributed by atoms with Crippen molar-refractivity contribution in [2.24, 2.45) is 0 Å². The first-order valence-electron chi connectivity index (χ1n) is 5.42. The number of aliphatic hydroxyl groups excluding tert-OH is 1. The topological polar surface area (TPSA) is 23.5 Å². The van der Waals surface area contributed by atoms with Gasteiger partial charge in [-0.1, -0.05) is 18.2 Å². The summed E-state index contributed by atoms with van der Waals surface area (Å²) in [7, 11) is 1.70. The first-order valence-corrected chi connectivity index (χ1v) is 5.42. The third-order valence-corrected chi connectivity index (χ3v) is 2.52. The maximum Gasteiger partial charge on any atom is 0.416 e. The van der Waals surface area contributed by atoms with Crippen LogP contribution in [0.25, 0.3) is 0 Å². The highest BCUT2D eigenvalue weighted by Gasteiger charge is 2.33. The van der Waals surface area contributed by atoms with Gasteiger partial charge in [-0.2, -0.15) is 13.2 Å². The molecule has 2 nitrogen and oxygen atoms in total. The maximum absolute atomic E-state index is 12.8. The van der Waals surface area contributed by atoms with Gasteiger partial charge in [0.15, 0.2) is 0 Å². The van der Waals surface area contributed by atoms with Crippen molar-refractivity contribution >= 4 is 5.69 Å². The molecule has 0 aliphatic carbocycles. The minimum Gasteiger partial charge on any atom is -0.392 e. The second-order valence-electron chi connectivity index (χ2n) is 4.31. The van der Waals surface area contributed by atoms with Crippen LogP contribution in [-0.4, -0.2) is 18.7 Å². The molecule has 0 heterocycles. The van der Waals surface area contributed by atoms with Gasteiger partial charge in [-0.05, 0) is 24.6 Å². The number of hydrogen-bond donors (Lipinski definition) is 1. The van der Waals surface area contributed by atoms with Crippen LogP contribution in [0.3, 0.4) is 0 Å².